The molecule has 1 aliphatic rings. The molecule has 1 aromatic rings. The van der Waals surface area contributed by atoms with E-state index in [0.29, 0.717) is 0 Å². The molecule has 0 unspecified atom stereocenters. The normalized spacial score (nSPS) is 16.1. The van der Waals surface area contributed by atoms with Crippen LogP contribution in [0.3, 0.4) is 0 Å². The molecule has 1 aliphatic heterocycles. The average Bonchev–Trinajstić information content (AvgIpc) is 2.41. The summed E-state index contributed by atoms with van der Waals surface area (Å²) < 4.78 is 8.51. The fourth-order valence-electron chi connectivity index (χ4n) is 1.50. The van der Waals surface area contributed by atoms with Gasteiger partial charge in [0.1, 0.15) is 5.75 Å². The molecular formula is C10H13NOS. The summed E-state index contributed by atoms with van der Waals surface area (Å²) in [6.07, 6.45) is 1.13. The van der Waals surface area contributed by atoms with Gasteiger partial charge in [-0.1, -0.05) is 18.0 Å². The van der Waals surface area contributed by atoms with Crippen LogP contribution in [0, 0.1) is 0 Å². The molecule has 0 fully saturated rings. The predicted molar refractivity (Wildman–Crippen MR) is 56.0 cm³/mol. The van der Waals surface area contributed by atoms with Gasteiger partial charge in [-0.3, -0.25) is 4.72 Å². The summed E-state index contributed by atoms with van der Waals surface area (Å²) >= 11 is 1.79. The highest BCUT2D eigenvalue weighted by molar-refractivity contribution is 7.97. The predicted octanol–water partition coefficient (Wildman–Crippen LogP) is 1.99. The van der Waals surface area contributed by atoms with Crippen LogP contribution in [-0.2, 0) is 13.0 Å². The second kappa shape index (κ2) is 4.03. The van der Waals surface area contributed by atoms with E-state index in [9.17, 15) is 0 Å². The Bertz CT molecular complexity index is 301. The van der Waals surface area contributed by atoms with Crippen molar-refractivity contribution in [3.63, 3.8) is 0 Å². The zero-order valence-electron chi connectivity index (χ0n) is 7.67. The topological polar surface area (TPSA) is 21.3 Å². The van der Waals surface area contributed by atoms with Gasteiger partial charge in [0.05, 0.1) is 7.11 Å². The van der Waals surface area contributed by atoms with Crippen LogP contribution in [0.5, 0.6) is 5.75 Å². The molecule has 1 N–H and O–H groups in total. The van der Waals surface area contributed by atoms with Gasteiger partial charge in [0.2, 0.25) is 0 Å². The average molecular weight is 195 g/mol. The Labute approximate surface area is 82.8 Å². The molecule has 1 heterocycles. The highest BCUT2D eigenvalue weighted by Gasteiger charge is 2.07. The summed E-state index contributed by atoms with van der Waals surface area (Å²) in [7, 11) is 1.71. The molecule has 0 radical (unpaired) electrons. The number of rotatable bonds is 1. The van der Waals surface area contributed by atoms with Crippen LogP contribution in [0.4, 0.5) is 0 Å². The highest BCUT2D eigenvalue weighted by Crippen LogP contribution is 2.21. The van der Waals surface area contributed by atoms with Crippen LogP contribution in [0.1, 0.15) is 11.1 Å². The van der Waals surface area contributed by atoms with Crippen molar-refractivity contribution >= 4 is 11.9 Å². The van der Waals surface area contributed by atoms with Gasteiger partial charge in [-0.25, -0.2) is 0 Å². The van der Waals surface area contributed by atoms with E-state index in [0.717, 1.165) is 24.5 Å². The van der Waals surface area contributed by atoms with Gasteiger partial charge in [-0.05, 0) is 29.7 Å². The van der Waals surface area contributed by atoms with E-state index in [-0.39, 0.29) is 0 Å². The molecule has 0 spiro atoms. The lowest BCUT2D eigenvalue weighted by Gasteiger charge is -2.06. The molecule has 13 heavy (non-hydrogen) atoms. The van der Waals surface area contributed by atoms with Gasteiger partial charge in [0.15, 0.2) is 0 Å². The van der Waals surface area contributed by atoms with Crippen molar-refractivity contribution in [1.82, 2.24) is 4.72 Å². The summed E-state index contributed by atoms with van der Waals surface area (Å²) in [6.45, 7) is 0.962. The largest absolute Gasteiger partial charge is 0.497 e. The number of methoxy groups -OCH3 is 1. The lowest BCUT2D eigenvalue weighted by Crippen LogP contribution is -2.01. The number of benzene rings is 1. The molecule has 0 aliphatic carbocycles. The first-order valence-electron chi connectivity index (χ1n) is 4.40. The van der Waals surface area contributed by atoms with Crippen molar-refractivity contribution in [2.45, 2.75) is 13.0 Å². The van der Waals surface area contributed by atoms with Gasteiger partial charge in [0.25, 0.3) is 0 Å². The number of fused-ring (bicyclic) bond motifs is 1. The minimum Gasteiger partial charge on any atom is -0.497 e. The maximum atomic E-state index is 5.19. The monoisotopic (exact) mass is 195 g/mol. The molecule has 0 aromatic heterocycles. The van der Waals surface area contributed by atoms with Crippen LogP contribution in [0.2, 0.25) is 0 Å². The molecule has 0 saturated heterocycles. The summed E-state index contributed by atoms with van der Waals surface area (Å²) in [5.74, 6) is 2.10. The Morgan fingerprint density at radius 2 is 2.31 bits per heavy atom. The third kappa shape index (κ3) is 1.98. The third-order valence-electron chi connectivity index (χ3n) is 2.25. The van der Waals surface area contributed by atoms with E-state index in [4.69, 9.17) is 4.74 Å². The van der Waals surface area contributed by atoms with Crippen LogP contribution in [0.15, 0.2) is 18.2 Å². The maximum absolute atomic E-state index is 5.19. The standard InChI is InChI=1S/C10H13NOS/c1-12-10-3-2-9-7-11-13-5-4-8(9)6-10/h2-3,6,11H,4-5,7H2,1H3. The lowest BCUT2D eigenvalue weighted by molar-refractivity contribution is 0.414. The first-order chi connectivity index (χ1) is 6.40. The minimum absolute atomic E-state index is 0.962. The van der Waals surface area contributed by atoms with Crippen molar-refractivity contribution < 1.29 is 4.74 Å². The van der Waals surface area contributed by atoms with Crippen molar-refractivity contribution in [2.24, 2.45) is 0 Å². The van der Waals surface area contributed by atoms with Gasteiger partial charge < -0.3 is 4.74 Å². The molecule has 0 saturated carbocycles. The Morgan fingerprint density at radius 3 is 3.15 bits per heavy atom. The van der Waals surface area contributed by atoms with E-state index < -0.39 is 0 Å². The van der Waals surface area contributed by atoms with Gasteiger partial charge in [-0.2, -0.15) is 0 Å². The molecule has 70 valence electrons. The Kier molecular flexibility index (Phi) is 2.76. The Balaban J connectivity index is 2.32. The number of hydrogen-bond donors (Lipinski definition) is 1. The van der Waals surface area contributed by atoms with Crippen LogP contribution >= 0.6 is 11.9 Å². The molecule has 0 atom stereocenters. The zero-order chi connectivity index (χ0) is 9.10. The minimum atomic E-state index is 0.962. The first-order valence-corrected chi connectivity index (χ1v) is 5.39. The van der Waals surface area contributed by atoms with Gasteiger partial charge in [-0.15, -0.1) is 0 Å². The molecular weight excluding hydrogens is 182 g/mol. The van der Waals surface area contributed by atoms with Crippen LogP contribution in [0.25, 0.3) is 0 Å². The molecule has 0 amide bonds. The number of ether oxygens (including phenoxy) is 1. The first kappa shape index (κ1) is 8.91. The van der Waals surface area contributed by atoms with Crippen LogP contribution < -0.4 is 9.46 Å². The summed E-state index contributed by atoms with van der Waals surface area (Å²) in [5, 5.41) is 0. The van der Waals surface area contributed by atoms with E-state index >= 15 is 0 Å². The van der Waals surface area contributed by atoms with E-state index in [1.165, 1.54) is 11.1 Å². The lowest BCUT2D eigenvalue weighted by atomic mass is 10.1. The van der Waals surface area contributed by atoms with Gasteiger partial charge >= 0.3 is 0 Å². The quantitative estimate of drug-likeness (QED) is 0.692. The summed E-state index contributed by atoms with van der Waals surface area (Å²) in [6, 6.07) is 6.31. The smallest absolute Gasteiger partial charge is 0.119 e. The van der Waals surface area contributed by atoms with Crippen molar-refractivity contribution in [3.8, 4) is 5.75 Å². The van der Waals surface area contributed by atoms with Crippen molar-refractivity contribution in [1.29, 1.82) is 0 Å². The highest BCUT2D eigenvalue weighted by atomic mass is 32.2. The SMILES string of the molecule is COc1ccc2c(c1)CCSNC2. The molecule has 2 nitrogen and oxygen atoms in total. The number of aryl methyl sites for hydroxylation is 1. The Morgan fingerprint density at radius 1 is 1.38 bits per heavy atom. The molecule has 3 heteroatoms. The maximum Gasteiger partial charge on any atom is 0.119 e. The van der Waals surface area contributed by atoms with E-state index in [2.05, 4.69) is 16.9 Å². The molecule has 1 aromatic carbocycles. The number of hydrogen-bond acceptors (Lipinski definition) is 3. The van der Waals surface area contributed by atoms with Crippen LogP contribution in [-0.4, -0.2) is 12.9 Å². The van der Waals surface area contributed by atoms with E-state index in [1.54, 1.807) is 19.1 Å². The fraction of sp³-hybridized carbons (Fsp3) is 0.400. The fourth-order valence-corrected chi connectivity index (χ4v) is 2.22. The van der Waals surface area contributed by atoms with Gasteiger partial charge in [0, 0.05) is 12.3 Å². The molecule has 2 rings (SSSR count). The molecule has 0 bridgehead atoms. The second-order valence-corrected chi connectivity index (χ2v) is 4.04. The number of nitrogens with one attached hydrogen (secondary N) is 1. The van der Waals surface area contributed by atoms with Crippen molar-refractivity contribution in [2.75, 3.05) is 12.9 Å². The van der Waals surface area contributed by atoms with E-state index in [1.807, 2.05) is 6.07 Å². The Hall–Kier alpha value is -0.670. The third-order valence-corrected chi connectivity index (χ3v) is 3.01. The van der Waals surface area contributed by atoms with Crippen molar-refractivity contribution in [3.05, 3.63) is 29.3 Å². The zero-order valence-corrected chi connectivity index (χ0v) is 8.49. The summed E-state index contributed by atoms with van der Waals surface area (Å²) in [4.78, 5) is 0. The second-order valence-electron chi connectivity index (χ2n) is 3.05. The summed E-state index contributed by atoms with van der Waals surface area (Å²) in [5.41, 5.74) is 2.81.